The minimum Gasteiger partial charge on any atom is -0.870 e. The molecule has 15 rings (SSSR count). The molecule has 3 aliphatic rings. The molecule has 0 radical (unpaired) electrons. The molecule has 12 aromatic rings. The minimum atomic E-state index is -0.491. The number of pyridine rings is 3. The Morgan fingerprint density at radius 3 is 1.01 bits per heavy atom. The average Bonchev–Trinajstić information content (AvgIpc) is 0.776. The van der Waals surface area contributed by atoms with E-state index >= 15 is 0 Å². The van der Waals surface area contributed by atoms with Gasteiger partial charge in [0.1, 0.15) is 0 Å². The molecule has 6 aromatic heterocycles. The maximum atomic E-state index is 13.5. The van der Waals surface area contributed by atoms with Crippen LogP contribution >= 0.6 is 0 Å². The van der Waals surface area contributed by atoms with Crippen molar-refractivity contribution >= 4 is 65.0 Å². The molecule has 6 heterocycles. The van der Waals surface area contributed by atoms with Gasteiger partial charge in [-0.3, -0.25) is 33.1 Å². The van der Waals surface area contributed by atoms with Crippen molar-refractivity contribution < 1.29 is 36.2 Å². The summed E-state index contributed by atoms with van der Waals surface area (Å²) in [6.07, 6.45) is 22.3. The number of aromatic amines is 2. The van der Waals surface area contributed by atoms with Crippen LogP contribution in [-0.2, 0) is 19.3 Å². The number of aromatic nitrogens is 9. The first-order valence-electron chi connectivity index (χ1n) is 32.0. The number of fused-ring (bicyclic) bond motifs is 9. The Hall–Kier alpha value is -9.23. The molecule has 0 spiro atoms. The van der Waals surface area contributed by atoms with E-state index in [1.165, 1.54) is 0 Å². The zero-order chi connectivity index (χ0) is 62.0. The van der Waals surface area contributed by atoms with Gasteiger partial charge in [0.05, 0.1) is 88.1 Å². The van der Waals surface area contributed by atoms with Gasteiger partial charge >= 0.3 is 0 Å². The van der Waals surface area contributed by atoms with Gasteiger partial charge < -0.3 is 26.3 Å². The summed E-state index contributed by atoms with van der Waals surface area (Å²) in [6, 6.07) is 42.3. The molecule has 6 atom stereocenters. The number of benzene rings is 6. The van der Waals surface area contributed by atoms with Crippen molar-refractivity contribution in [3.05, 3.63) is 246 Å². The highest BCUT2D eigenvalue weighted by atomic mass is 16.3. The second kappa shape index (κ2) is 29.2. The van der Waals surface area contributed by atoms with Gasteiger partial charge in [0.2, 0.25) is 0 Å². The van der Waals surface area contributed by atoms with Crippen molar-refractivity contribution in [3.63, 3.8) is 0 Å². The first-order valence-corrected chi connectivity index (χ1v) is 32.0. The number of nitrogens with zero attached hydrogens (tertiary/aromatic N) is 7. The third-order valence-electron chi connectivity index (χ3n) is 19.0. The first kappa shape index (κ1) is 66.7. The van der Waals surface area contributed by atoms with Crippen molar-refractivity contribution in [2.45, 2.75) is 161 Å². The summed E-state index contributed by atoms with van der Waals surface area (Å²) < 4.78 is 4.97. The molecule has 3 saturated carbocycles. The van der Waals surface area contributed by atoms with Gasteiger partial charge in [-0.05, 0) is 127 Å². The molecular formula is C76H83N9O8. The molecular weight excluding hydrogens is 1170 g/mol. The lowest BCUT2D eigenvalue weighted by Crippen LogP contribution is -2.34. The maximum Gasteiger partial charge on any atom is 0.261 e. The third kappa shape index (κ3) is 13.8. The van der Waals surface area contributed by atoms with Gasteiger partial charge in [0.15, 0.2) is 23.8 Å². The van der Waals surface area contributed by atoms with Crippen LogP contribution in [-0.4, -0.2) is 78.2 Å². The molecule has 7 N–H and O–H groups in total. The number of hydrogen-bond donors (Lipinski definition) is 3. The monoisotopic (exact) mass is 1250 g/mol. The van der Waals surface area contributed by atoms with Crippen LogP contribution in [0.1, 0.15) is 153 Å². The second-order valence-corrected chi connectivity index (χ2v) is 25.2. The van der Waals surface area contributed by atoms with Gasteiger partial charge in [-0.15, -0.1) is 0 Å². The highest BCUT2D eigenvalue weighted by molar-refractivity contribution is 6.08. The molecule has 480 valence electrons. The van der Waals surface area contributed by atoms with Gasteiger partial charge in [-0.25, -0.2) is 24.9 Å². The van der Waals surface area contributed by atoms with Crippen molar-refractivity contribution in [1.29, 1.82) is 0 Å². The molecule has 0 bridgehead atoms. The molecule has 17 nitrogen and oxygen atoms in total. The molecule has 0 unspecified atom stereocenters. The Bertz CT molecular complexity index is 4320. The van der Waals surface area contributed by atoms with E-state index in [0.29, 0.717) is 22.6 Å². The third-order valence-corrected chi connectivity index (χ3v) is 19.0. The normalized spacial score (nSPS) is 18.8. The van der Waals surface area contributed by atoms with Gasteiger partial charge in [-0.2, -0.15) is 0 Å². The number of nitrogens with one attached hydrogen (secondary N) is 2. The van der Waals surface area contributed by atoms with E-state index in [4.69, 9.17) is 0 Å². The lowest BCUT2D eigenvalue weighted by Gasteiger charge is -2.29. The summed E-state index contributed by atoms with van der Waals surface area (Å²) in [5, 5.41) is 39.6. The Kier molecular flexibility index (Phi) is 20.9. The number of hydrogen-bond acceptors (Lipinski definition) is 12. The number of aliphatic hydroxyl groups is 3. The van der Waals surface area contributed by atoms with Crippen molar-refractivity contribution in [2.75, 3.05) is 0 Å². The molecule has 6 aromatic carbocycles. The van der Waals surface area contributed by atoms with Crippen LogP contribution in [0.5, 0.6) is 0 Å². The molecule has 17 heteroatoms. The van der Waals surface area contributed by atoms with E-state index in [-0.39, 0.29) is 53.2 Å². The number of aryl methyl sites for hydroxylation is 3. The Labute approximate surface area is 539 Å². The average molecular weight is 1250 g/mol. The van der Waals surface area contributed by atoms with Crippen LogP contribution < -0.4 is 26.6 Å². The van der Waals surface area contributed by atoms with Gasteiger partial charge in [-0.1, -0.05) is 125 Å². The maximum absolute atomic E-state index is 13.5. The standard InChI is InChI=1S/3C25H25N3O2.CH4.2H2O/c3*1-16-10-11-17(14-26-16)12-18-13-21-24(20-7-3-2-6-19(18)20)27-15-28(25(21)30)22-8-4-5-9-23(22)29;;;/h3*2-3,6-7,10-11,13-15,22-23,29H,4-5,8-9,12H2,1H3;1H4;2*1H2/t3*22-,23-;;;/m000.../s1. The summed E-state index contributed by atoms with van der Waals surface area (Å²) in [7, 11) is 0. The summed E-state index contributed by atoms with van der Waals surface area (Å²) in [4.78, 5) is 65.4. The molecule has 0 aliphatic heterocycles. The largest absolute Gasteiger partial charge is 0.870 e. The van der Waals surface area contributed by atoms with E-state index in [9.17, 15) is 29.7 Å². The van der Waals surface area contributed by atoms with Crippen LogP contribution in [0.15, 0.2) is 179 Å². The van der Waals surface area contributed by atoms with E-state index in [0.717, 1.165) is 189 Å². The molecule has 3 aliphatic carbocycles. The Balaban J connectivity index is 0.000000150. The lowest BCUT2D eigenvalue weighted by molar-refractivity contribution is -0.388. The quantitative estimate of drug-likeness (QED) is 0.114. The minimum absolute atomic E-state index is 0. The van der Waals surface area contributed by atoms with E-state index in [2.05, 4.69) is 78.4 Å². The summed E-state index contributed by atoms with van der Waals surface area (Å²) in [5.41, 5.74) is 11.9. The van der Waals surface area contributed by atoms with Crippen LogP contribution in [0.4, 0.5) is 0 Å². The smallest absolute Gasteiger partial charge is 0.261 e. The number of aliphatic hydroxyl groups excluding tert-OH is 3. The topological polar surface area (TPSA) is 267 Å². The Morgan fingerprint density at radius 1 is 0.398 bits per heavy atom. The predicted octanol–water partition coefficient (Wildman–Crippen LogP) is 12.1. The number of H-pyrrole nitrogens is 2. The predicted molar refractivity (Wildman–Crippen MR) is 365 cm³/mol. The van der Waals surface area contributed by atoms with Crippen LogP contribution in [0.25, 0.3) is 65.0 Å². The fourth-order valence-electron chi connectivity index (χ4n) is 14.1. The van der Waals surface area contributed by atoms with E-state index < -0.39 is 18.3 Å². The van der Waals surface area contributed by atoms with Crippen molar-refractivity contribution in [1.82, 2.24) is 33.6 Å². The fourth-order valence-corrected chi connectivity index (χ4v) is 14.1. The van der Waals surface area contributed by atoms with Gasteiger partial charge in [0, 0.05) is 78.0 Å². The zero-order valence-electron chi connectivity index (χ0n) is 52.3. The highest BCUT2D eigenvalue weighted by Crippen LogP contribution is 2.35. The second-order valence-electron chi connectivity index (χ2n) is 25.2. The number of rotatable bonds is 9. The summed E-state index contributed by atoms with van der Waals surface area (Å²) in [6.45, 7) is 6.04. The molecule has 93 heavy (non-hydrogen) atoms. The van der Waals surface area contributed by atoms with Crippen molar-refractivity contribution in [2.24, 2.45) is 0 Å². The summed E-state index contributed by atoms with van der Waals surface area (Å²) >= 11 is 0. The first-order chi connectivity index (χ1) is 43.8. The summed E-state index contributed by atoms with van der Waals surface area (Å²) in [5.74, 6) is 0. The molecule has 0 amide bonds. The van der Waals surface area contributed by atoms with Gasteiger partial charge in [0.25, 0.3) is 16.7 Å². The lowest BCUT2D eigenvalue weighted by atomic mass is 9.92. The van der Waals surface area contributed by atoms with Crippen LogP contribution in [0, 0.1) is 20.8 Å². The molecule has 3 fully saturated rings. The fraction of sp³-hybridized carbons (Fsp3) is 0.329. The highest BCUT2D eigenvalue weighted by Gasteiger charge is 2.30. The molecule has 0 saturated heterocycles. The van der Waals surface area contributed by atoms with E-state index in [1.807, 2.05) is 118 Å². The van der Waals surface area contributed by atoms with Crippen LogP contribution in [0.3, 0.4) is 0 Å². The Morgan fingerprint density at radius 2 is 0.710 bits per heavy atom. The zero-order valence-corrected chi connectivity index (χ0v) is 52.3. The van der Waals surface area contributed by atoms with Crippen LogP contribution in [0.2, 0.25) is 0 Å². The SMILES string of the molecule is C.Cc1ccc(Cc2cc3c(=O)n([C@H]4CCCC[C@@H]4O)cnc3c3ccccc23)c[nH+]1.Cc1ccc(Cc2cc3c(=O)n([C@H]4CCCC[C@@H]4O)cnc3c3ccccc23)c[nH+]1.Cc1ccc(Cc2cc3c(=O)n([C@H]4CCCC[C@@H]4O)cnc3c3ccccc23)cn1.[OH-].[OH-]. The van der Waals surface area contributed by atoms with E-state index in [1.54, 1.807) is 32.7 Å². The van der Waals surface area contributed by atoms with Crippen molar-refractivity contribution in [3.8, 4) is 0 Å².